The van der Waals surface area contributed by atoms with Crippen LogP contribution < -0.4 is 90.1 Å². The third-order valence-corrected chi connectivity index (χ3v) is 14.8. The topological polar surface area (TPSA) is 580 Å². The molecule has 1 saturated heterocycles. The first kappa shape index (κ1) is 79.5. The van der Waals surface area contributed by atoms with Gasteiger partial charge in [-0.05, 0) is 128 Å². The number of aliphatic imine (C=N–C) groups is 4. The molecular formula is C58H107N25O9. The van der Waals surface area contributed by atoms with Crippen molar-refractivity contribution in [3.05, 3.63) is 35.9 Å². The molecular weight excluding hydrogens is 1190 g/mol. The number of hydrogen-bond donors (Lipinski definition) is 16. The van der Waals surface area contributed by atoms with Gasteiger partial charge < -0.3 is 115 Å². The molecule has 0 aliphatic carbocycles. The zero-order chi connectivity index (χ0) is 68.2. The quantitative estimate of drug-likeness (QED) is 0.0164. The third-order valence-electron chi connectivity index (χ3n) is 14.8. The summed E-state index contributed by atoms with van der Waals surface area (Å²) >= 11 is 0. The smallest absolute Gasteiger partial charge is 0.245 e. The van der Waals surface area contributed by atoms with E-state index in [4.69, 9.17) is 68.8 Å². The van der Waals surface area contributed by atoms with E-state index in [0.29, 0.717) is 63.6 Å². The van der Waals surface area contributed by atoms with E-state index < -0.39 is 97.6 Å². The Morgan fingerprint density at radius 3 is 1.40 bits per heavy atom. The Kier molecular flexibility index (Phi) is 40.1. The molecule has 4 atom stereocenters. The number of nitrogens with two attached hydrogens (primary N) is 12. The minimum atomic E-state index is -1.28. The number of likely N-dealkylation sites (tertiary alicyclic amines) is 1. The highest BCUT2D eigenvalue weighted by molar-refractivity contribution is 5.96. The molecule has 0 saturated carbocycles. The summed E-state index contributed by atoms with van der Waals surface area (Å²) in [6.45, 7) is -0.135. The molecule has 0 spiro atoms. The lowest BCUT2D eigenvalue weighted by Crippen LogP contribution is -2.58. The van der Waals surface area contributed by atoms with Gasteiger partial charge in [0.25, 0.3) is 0 Å². The summed E-state index contributed by atoms with van der Waals surface area (Å²) in [5.41, 5.74) is 68.2. The molecule has 0 bridgehead atoms. The van der Waals surface area contributed by atoms with Crippen LogP contribution in [0.25, 0.3) is 0 Å². The summed E-state index contributed by atoms with van der Waals surface area (Å²) in [4.78, 5) is 150. The second-order valence-electron chi connectivity index (χ2n) is 22.4. The predicted octanol–water partition coefficient (Wildman–Crippen LogP) is -6.16. The standard InChI is InChI=1S/C58H107N25O9/c59-23-8-1-2-11-26-71-35-47(85)80(32-15-29-74-57(67)68)38-48(86)81(33-16-30-75-58(69)70)39-50(88)82(36-41-17-4-3-5-18-41)40-49(87)79(31-14-28-73-56(65)66)37-46(84)76-42(19-6-9-24-60)52(90)77-43(20-7-10-25-61)53(91)78-44(21-12-27-72-55(63)64)54(92)83-34-13-22-45(83)51(62)89/h3-5,17-18,42-45,71H,1-2,6-16,19-40,59-61H2,(H2,62,89)(H,76,84)(H,77,90)(H,78,91)(H4,63,64,72)(H4,65,66,73)(H4,67,68,74)(H4,69,70,75)/t42-,43-,44-,45-/m1/s1. The molecule has 1 aliphatic rings. The van der Waals surface area contributed by atoms with Crippen LogP contribution in [-0.4, -0.2) is 237 Å². The lowest BCUT2D eigenvalue weighted by Gasteiger charge is -2.31. The number of guanidine groups is 4. The fourth-order valence-corrected chi connectivity index (χ4v) is 9.93. The summed E-state index contributed by atoms with van der Waals surface area (Å²) in [5.74, 6) is -6.55. The zero-order valence-corrected chi connectivity index (χ0v) is 53.6. The summed E-state index contributed by atoms with van der Waals surface area (Å²) in [7, 11) is 0. The van der Waals surface area contributed by atoms with Crippen molar-refractivity contribution >= 4 is 77.0 Å². The average Bonchev–Trinajstić information content (AvgIpc) is 1.75. The van der Waals surface area contributed by atoms with Crippen LogP contribution in [0.1, 0.15) is 115 Å². The maximum Gasteiger partial charge on any atom is 0.245 e. The second kappa shape index (κ2) is 46.4. The zero-order valence-electron chi connectivity index (χ0n) is 53.6. The molecule has 0 aromatic heterocycles. The van der Waals surface area contributed by atoms with Gasteiger partial charge in [-0.1, -0.05) is 43.2 Å². The Morgan fingerprint density at radius 2 is 0.902 bits per heavy atom. The fourth-order valence-electron chi connectivity index (χ4n) is 9.93. The maximum atomic E-state index is 14.8. The number of hydrogen-bond acceptors (Lipinski definition) is 17. The molecule has 518 valence electrons. The lowest BCUT2D eigenvalue weighted by molar-refractivity contribution is -0.147. The van der Waals surface area contributed by atoms with Gasteiger partial charge >= 0.3 is 0 Å². The molecule has 1 aliphatic heterocycles. The molecule has 2 rings (SSSR count). The number of nitrogens with zero attached hydrogens (tertiary/aromatic N) is 9. The van der Waals surface area contributed by atoms with E-state index >= 15 is 0 Å². The Hall–Kier alpha value is -8.63. The van der Waals surface area contributed by atoms with E-state index in [1.807, 2.05) is 0 Å². The molecule has 9 amide bonds. The van der Waals surface area contributed by atoms with Crippen LogP contribution in [0.5, 0.6) is 0 Å². The lowest BCUT2D eigenvalue weighted by atomic mass is 10.0. The molecule has 34 heteroatoms. The molecule has 0 unspecified atom stereocenters. The van der Waals surface area contributed by atoms with E-state index in [-0.39, 0.29) is 147 Å². The number of primary amides is 1. The normalized spacial score (nSPS) is 13.5. The first-order chi connectivity index (χ1) is 44.0. The minimum absolute atomic E-state index is 0.0404. The Bertz CT molecular complexity index is 2540. The number of amides is 9. The largest absolute Gasteiger partial charge is 0.370 e. The van der Waals surface area contributed by atoms with Crippen molar-refractivity contribution < 1.29 is 43.2 Å². The van der Waals surface area contributed by atoms with Crippen molar-refractivity contribution in [1.82, 2.24) is 45.8 Å². The maximum absolute atomic E-state index is 14.8. The van der Waals surface area contributed by atoms with Crippen molar-refractivity contribution in [2.75, 3.05) is 111 Å². The summed E-state index contributed by atoms with van der Waals surface area (Å²) in [5, 5.41) is 11.4. The third kappa shape index (κ3) is 34.0. The van der Waals surface area contributed by atoms with Crippen LogP contribution in [0.15, 0.2) is 50.3 Å². The highest BCUT2D eigenvalue weighted by atomic mass is 16.2. The van der Waals surface area contributed by atoms with Crippen molar-refractivity contribution in [2.45, 2.75) is 140 Å². The number of nitrogens with one attached hydrogen (secondary N) is 4. The van der Waals surface area contributed by atoms with E-state index in [1.165, 1.54) is 24.5 Å². The highest BCUT2D eigenvalue weighted by Gasteiger charge is 2.38. The van der Waals surface area contributed by atoms with Crippen molar-refractivity contribution in [2.24, 2.45) is 88.8 Å². The van der Waals surface area contributed by atoms with Crippen molar-refractivity contribution in [3.63, 3.8) is 0 Å². The molecule has 1 fully saturated rings. The predicted molar refractivity (Wildman–Crippen MR) is 353 cm³/mol. The van der Waals surface area contributed by atoms with Crippen LogP contribution in [0.2, 0.25) is 0 Å². The van der Waals surface area contributed by atoms with Crippen molar-refractivity contribution in [3.8, 4) is 0 Å². The molecule has 0 radical (unpaired) electrons. The monoisotopic (exact) mass is 1300 g/mol. The summed E-state index contributed by atoms with van der Waals surface area (Å²) in [6, 6.07) is 4.19. The molecule has 1 heterocycles. The number of rotatable bonds is 49. The SMILES string of the molecule is NCCCCCCNCC(=O)N(CCCN=C(N)N)CC(=O)N(CCCN=C(N)N)CC(=O)N(CC(=O)N(CCCN=C(N)N)CC(=O)N[C@H](CCCCN)C(=O)N[C@H](CCCCN)C(=O)N[C@H](CCCN=C(N)N)C(=O)N1CCC[C@@H]1C(N)=O)Cc1ccccc1. The van der Waals surface area contributed by atoms with Crippen LogP contribution in [-0.2, 0) is 49.7 Å². The minimum Gasteiger partial charge on any atom is -0.370 e. The van der Waals surface area contributed by atoms with Gasteiger partial charge in [-0.15, -0.1) is 0 Å². The van der Waals surface area contributed by atoms with Crippen molar-refractivity contribution in [1.29, 1.82) is 0 Å². The van der Waals surface area contributed by atoms with Crippen LogP contribution in [0.3, 0.4) is 0 Å². The van der Waals surface area contributed by atoms with E-state index in [0.717, 1.165) is 25.7 Å². The second-order valence-corrected chi connectivity index (χ2v) is 22.4. The molecule has 28 N–H and O–H groups in total. The van der Waals surface area contributed by atoms with Gasteiger partial charge in [0.15, 0.2) is 23.8 Å². The number of carbonyl (C=O) groups is 9. The fraction of sp³-hybridized carbons (Fsp3) is 0.672. The van der Waals surface area contributed by atoms with Crippen LogP contribution in [0, 0.1) is 0 Å². The Labute approximate surface area is 540 Å². The molecule has 1 aromatic carbocycles. The first-order valence-corrected chi connectivity index (χ1v) is 31.7. The number of benzene rings is 1. The number of carbonyl (C=O) groups excluding carboxylic acids is 9. The van der Waals surface area contributed by atoms with E-state index in [2.05, 4.69) is 41.2 Å². The van der Waals surface area contributed by atoms with Gasteiger partial charge in [0.1, 0.15) is 30.7 Å². The Morgan fingerprint density at radius 1 is 0.478 bits per heavy atom. The highest BCUT2D eigenvalue weighted by Crippen LogP contribution is 2.20. The summed E-state index contributed by atoms with van der Waals surface area (Å²) in [6.07, 6.45) is 7.21. The molecule has 92 heavy (non-hydrogen) atoms. The van der Waals surface area contributed by atoms with Gasteiger partial charge in [0.2, 0.25) is 53.2 Å². The number of unbranched alkanes of at least 4 members (excludes halogenated alkanes) is 5. The molecule has 34 nitrogen and oxygen atoms in total. The van der Waals surface area contributed by atoms with Crippen LogP contribution >= 0.6 is 0 Å². The van der Waals surface area contributed by atoms with Gasteiger partial charge in [-0.25, -0.2) is 0 Å². The van der Waals surface area contributed by atoms with E-state index in [1.54, 1.807) is 30.3 Å². The Balaban J connectivity index is 2.56. The van der Waals surface area contributed by atoms with Gasteiger partial charge in [-0.3, -0.25) is 63.1 Å². The van der Waals surface area contributed by atoms with Crippen LogP contribution in [0.4, 0.5) is 0 Å². The summed E-state index contributed by atoms with van der Waals surface area (Å²) < 4.78 is 0. The average molecular weight is 1300 g/mol. The van der Waals surface area contributed by atoms with E-state index in [9.17, 15) is 43.2 Å². The van der Waals surface area contributed by atoms with Gasteiger partial charge in [0, 0.05) is 58.9 Å². The molecule has 1 aromatic rings. The van der Waals surface area contributed by atoms with Gasteiger partial charge in [-0.2, -0.15) is 0 Å². The first-order valence-electron chi connectivity index (χ1n) is 31.7. The van der Waals surface area contributed by atoms with Gasteiger partial charge in [0.05, 0.1) is 26.2 Å².